The Hall–Kier alpha value is -0.370. The first-order valence-corrected chi connectivity index (χ1v) is 7.44. The minimum absolute atomic E-state index is 0.487. The lowest BCUT2D eigenvalue weighted by Crippen LogP contribution is -1.94. The summed E-state index contributed by atoms with van der Waals surface area (Å²) in [5, 5.41) is 3.74. The molecule has 1 heterocycles. The zero-order valence-corrected chi connectivity index (χ0v) is 11.3. The third-order valence-corrected chi connectivity index (χ3v) is 5.95. The highest BCUT2D eigenvalue weighted by Gasteiger charge is 2.56. The Kier molecular flexibility index (Phi) is 2.39. The largest absolute Gasteiger partial charge is 0.246 e. The van der Waals surface area contributed by atoms with Gasteiger partial charge in [-0.3, -0.25) is 0 Å². The lowest BCUT2D eigenvalue weighted by atomic mass is 10.1. The number of nitrogens with zero attached hydrogens (tertiary/aromatic N) is 1. The molecule has 2 aliphatic rings. The molecule has 2 heteroatoms. The van der Waals surface area contributed by atoms with E-state index in [-0.39, 0.29) is 0 Å². The van der Waals surface area contributed by atoms with E-state index in [1.807, 2.05) is 11.3 Å². The smallest absolute Gasteiger partial charge is 0.0959 e. The second-order valence-corrected chi connectivity index (χ2v) is 7.07. The lowest BCUT2D eigenvalue weighted by molar-refractivity contribution is 0.573. The van der Waals surface area contributed by atoms with Gasteiger partial charge in [0.1, 0.15) is 0 Å². The molecule has 2 atom stereocenters. The van der Waals surface area contributed by atoms with Crippen LogP contribution in [-0.2, 0) is 0 Å². The Morgan fingerprint density at radius 2 is 1.94 bits per heavy atom. The summed E-state index contributed by atoms with van der Waals surface area (Å²) in [5.41, 5.74) is 1.87. The first kappa shape index (κ1) is 10.8. The second-order valence-electron chi connectivity index (χ2n) is 6.18. The first-order chi connectivity index (χ1) is 7.60. The maximum atomic E-state index is 4.92. The monoisotopic (exact) mass is 235 g/mol. The van der Waals surface area contributed by atoms with Gasteiger partial charge in [-0.2, -0.15) is 0 Å². The molecule has 2 fully saturated rings. The first-order valence-electron chi connectivity index (χ1n) is 6.56. The van der Waals surface area contributed by atoms with Gasteiger partial charge in [0.15, 0.2) is 0 Å². The van der Waals surface area contributed by atoms with Crippen LogP contribution >= 0.6 is 11.3 Å². The summed E-state index contributed by atoms with van der Waals surface area (Å²) in [6, 6.07) is 0. The molecule has 0 spiro atoms. The molecular formula is C14H21NS. The minimum atomic E-state index is 0.487. The lowest BCUT2D eigenvalue weighted by Gasteiger charge is -2.03. The molecule has 0 amide bonds. The Bertz CT molecular complexity index is 387. The van der Waals surface area contributed by atoms with Crippen molar-refractivity contribution in [3.63, 3.8) is 0 Å². The van der Waals surface area contributed by atoms with Crippen LogP contribution in [0.4, 0.5) is 0 Å². The molecular weight excluding hydrogens is 214 g/mol. The molecule has 0 aromatic carbocycles. The molecule has 0 unspecified atom stereocenters. The maximum Gasteiger partial charge on any atom is 0.0959 e. The van der Waals surface area contributed by atoms with Crippen molar-refractivity contribution in [3.8, 4) is 0 Å². The number of hydrogen-bond donors (Lipinski definition) is 0. The average molecular weight is 235 g/mol. The quantitative estimate of drug-likeness (QED) is 0.732. The van der Waals surface area contributed by atoms with Crippen LogP contribution in [0.1, 0.15) is 69.0 Å². The molecule has 0 N–H and O–H groups in total. The molecule has 0 saturated heterocycles. The summed E-state index contributed by atoms with van der Waals surface area (Å²) in [4.78, 5) is 4.92. The molecule has 16 heavy (non-hydrogen) atoms. The molecule has 88 valence electrons. The Labute approximate surface area is 102 Å². The fraction of sp³-hybridized carbons (Fsp3) is 0.786. The average Bonchev–Trinajstić information content (AvgIpc) is 2.77. The molecule has 0 radical (unpaired) electrons. The van der Waals surface area contributed by atoms with Gasteiger partial charge < -0.3 is 0 Å². The van der Waals surface area contributed by atoms with Crippen molar-refractivity contribution in [2.75, 3.05) is 0 Å². The van der Waals surface area contributed by atoms with Crippen molar-refractivity contribution in [2.24, 2.45) is 11.3 Å². The summed E-state index contributed by atoms with van der Waals surface area (Å²) in [7, 11) is 0. The number of thiazole rings is 1. The van der Waals surface area contributed by atoms with E-state index in [1.165, 1.54) is 36.4 Å². The Morgan fingerprint density at radius 1 is 1.31 bits per heavy atom. The summed E-state index contributed by atoms with van der Waals surface area (Å²) >= 11 is 1.91. The highest BCUT2D eigenvalue weighted by molar-refractivity contribution is 7.09. The molecule has 2 saturated carbocycles. The SMILES string of the molecule is C[C@H]1[C@H](c2csc(C3CCCC3)n2)C1(C)C. The molecule has 0 aliphatic heterocycles. The van der Waals surface area contributed by atoms with Crippen LogP contribution in [-0.4, -0.2) is 4.98 Å². The van der Waals surface area contributed by atoms with Crippen molar-refractivity contribution in [3.05, 3.63) is 16.1 Å². The molecule has 0 bridgehead atoms. The van der Waals surface area contributed by atoms with E-state index < -0.39 is 0 Å². The summed E-state index contributed by atoms with van der Waals surface area (Å²) in [5.74, 6) is 2.32. The minimum Gasteiger partial charge on any atom is -0.246 e. The number of aromatic nitrogens is 1. The van der Waals surface area contributed by atoms with Gasteiger partial charge in [-0.05, 0) is 24.2 Å². The maximum absolute atomic E-state index is 4.92. The van der Waals surface area contributed by atoms with E-state index in [9.17, 15) is 0 Å². The predicted molar refractivity (Wildman–Crippen MR) is 69.0 cm³/mol. The van der Waals surface area contributed by atoms with Crippen LogP contribution in [0.5, 0.6) is 0 Å². The second kappa shape index (κ2) is 3.56. The fourth-order valence-corrected chi connectivity index (χ4v) is 4.36. The van der Waals surface area contributed by atoms with E-state index in [2.05, 4.69) is 26.2 Å². The highest BCUT2D eigenvalue weighted by Crippen LogP contribution is 2.64. The third-order valence-electron chi connectivity index (χ3n) is 4.93. The van der Waals surface area contributed by atoms with Gasteiger partial charge >= 0.3 is 0 Å². The zero-order chi connectivity index (χ0) is 11.3. The normalized spacial score (nSPS) is 33.2. The van der Waals surface area contributed by atoms with Gasteiger partial charge in [-0.15, -0.1) is 11.3 Å². The van der Waals surface area contributed by atoms with Crippen LogP contribution in [0.25, 0.3) is 0 Å². The van der Waals surface area contributed by atoms with E-state index in [1.54, 1.807) is 0 Å². The molecule has 1 nitrogen and oxygen atoms in total. The topological polar surface area (TPSA) is 12.9 Å². The van der Waals surface area contributed by atoms with Gasteiger partial charge in [-0.25, -0.2) is 4.98 Å². The summed E-state index contributed by atoms with van der Waals surface area (Å²) in [6.45, 7) is 7.10. The fourth-order valence-electron chi connectivity index (χ4n) is 3.34. The number of rotatable bonds is 2. The molecule has 2 aliphatic carbocycles. The van der Waals surface area contributed by atoms with Crippen molar-refractivity contribution < 1.29 is 0 Å². The van der Waals surface area contributed by atoms with Crippen LogP contribution in [0, 0.1) is 11.3 Å². The standard InChI is InChI=1S/C14H21NS/c1-9-12(14(9,2)3)11-8-16-13(15-11)10-6-4-5-7-10/h8-10,12H,4-7H2,1-3H3/t9-,12+/m0/s1. The van der Waals surface area contributed by atoms with Gasteiger partial charge in [0, 0.05) is 17.2 Å². The van der Waals surface area contributed by atoms with Gasteiger partial charge in [0.2, 0.25) is 0 Å². The third kappa shape index (κ3) is 1.54. The zero-order valence-electron chi connectivity index (χ0n) is 10.5. The van der Waals surface area contributed by atoms with Crippen molar-refractivity contribution in [1.29, 1.82) is 0 Å². The van der Waals surface area contributed by atoms with Gasteiger partial charge in [0.05, 0.1) is 10.7 Å². The van der Waals surface area contributed by atoms with E-state index >= 15 is 0 Å². The summed E-state index contributed by atoms with van der Waals surface area (Å²) in [6.07, 6.45) is 5.56. The predicted octanol–water partition coefficient (Wildman–Crippen LogP) is 4.56. The van der Waals surface area contributed by atoms with Crippen LogP contribution < -0.4 is 0 Å². The van der Waals surface area contributed by atoms with E-state index in [0.717, 1.165) is 17.8 Å². The van der Waals surface area contributed by atoms with Crippen LogP contribution in [0.15, 0.2) is 5.38 Å². The van der Waals surface area contributed by atoms with Crippen LogP contribution in [0.3, 0.4) is 0 Å². The van der Waals surface area contributed by atoms with E-state index in [4.69, 9.17) is 4.98 Å². The van der Waals surface area contributed by atoms with Crippen molar-refractivity contribution in [1.82, 2.24) is 4.98 Å². The van der Waals surface area contributed by atoms with Crippen molar-refractivity contribution >= 4 is 11.3 Å². The molecule has 1 aromatic rings. The summed E-state index contributed by atoms with van der Waals surface area (Å²) < 4.78 is 0. The molecule has 3 rings (SSSR count). The highest BCUT2D eigenvalue weighted by atomic mass is 32.1. The number of hydrogen-bond acceptors (Lipinski definition) is 2. The van der Waals surface area contributed by atoms with Gasteiger partial charge in [-0.1, -0.05) is 33.6 Å². The van der Waals surface area contributed by atoms with Gasteiger partial charge in [0.25, 0.3) is 0 Å². The van der Waals surface area contributed by atoms with Crippen molar-refractivity contribution in [2.45, 2.75) is 58.3 Å². The molecule has 1 aromatic heterocycles. The van der Waals surface area contributed by atoms with E-state index in [0.29, 0.717) is 5.41 Å². The Morgan fingerprint density at radius 3 is 2.50 bits per heavy atom. The Balaban J connectivity index is 1.78. The van der Waals surface area contributed by atoms with Crippen LogP contribution in [0.2, 0.25) is 0 Å².